The van der Waals surface area contributed by atoms with Crippen molar-refractivity contribution in [2.24, 2.45) is 5.73 Å². The molecule has 1 heteroatoms. The molecule has 1 saturated carbocycles. The number of hydrogen-bond donors (Lipinski definition) is 1. The van der Waals surface area contributed by atoms with Crippen LogP contribution in [0.25, 0.3) is 0 Å². The summed E-state index contributed by atoms with van der Waals surface area (Å²) < 4.78 is 0. The topological polar surface area (TPSA) is 26.0 Å². The summed E-state index contributed by atoms with van der Waals surface area (Å²) in [5.74, 6) is 0. The Bertz CT molecular complexity index is 22.8. The summed E-state index contributed by atoms with van der Waals surface area (Å²) in [5, 5.41) is 0. The summed E-state index contributed by atoms with van der Waals surface area (Å²) in [4.78, 5) is 0. The van der Waals surface area contributed by atoms with E-state index in [2.05, 4.69) is 0 Å². The first kappa shape index (κ1) is 4.96. The maximum Gasteiger partial charge on any atom is 0.00399 e. The van der Waals surface area contributed by atoms with E-state index in [1.165, 1.54) is 12.8 Å². The van der Waals surface area contributed by atoms with Gasteiger partial charge < -0.3 is 5.73 Å². The van der Waals surface area contributed by atoms with Crippen LogP contribution in [0, 0.1) is 0 Å². The Labute approximate surface area is 33.2 Å². The molecule has 0 aliphatic heterocycles. The van der Waals surface area contributed by atoms with E-state index in [4.69, 9.17) is 5.73 Å². The highest BCUT2D eigenvalue weighted by Gasteiger charge is 2.13. The van der Waals surface area contributed by atoms with Crippen molar-refractivity contribution in [1.82, 2.24) is 0 Å². The molecule has 0 bridgehead atoms. The van der Waals surface area contributed by atoms with Crippen molar-refractivity contribution >= 4 is 0 Å². The highest BCUT2D eigenvalue weighted by atomic mass is 14.7. The first-order valence-corrected chi connectivity index (χ1v) is 1.65. The lowest BCUT2D eigenvalue weighted by molar-refractivity contribution is 1.07. The third kappa shape index (κ3) is 1.74. The fourth-order valence-corrected chi connectivity index (χ4v) is 0.0962. The monoisotopic (exact) mass is 73.1 g/mol. The molecule has 0 unspecified atom stereocenters. The van der Waals surface area contributed by atoms with Gasteiger partial charge in [0.2, 0.25) is 0 Å². The second kappa shape index (κ2) is 1.41. The fraction of sp³-hybridized carbons (Fsp3) is 1.00. The molecule has 0 radical (unpaired) electrons. The van der Waals surface area contributed by atoms with Gasteiger partial charge in [-0.15, -0.1) is 0 Å². The van der Waals surface area contributed by atoms with E-state index in [0.29, 0.717) is 6.04 Å². The molecule has 1 fully saturated rings. The number of nitrogens with two attached hydrogens (primary N) is 1. The standard InChI is InChI=1S/C3H7N.CH4/c4-3-1-2-3;/h3H,1-2,4H2;1H4. The Hall–Kier alpha value is -0.0400. The summed E-state index contributed by atoms with van der Waals surface area (Å²) >= 11 is 0. The predicted octanol–water partition coefficient (Wildman–Crippen LogP) is 0.744. The van der Waals surface area contributed by atoms with Crippen molar-refractivity contribution in [3.05, 3.63) is 0 Å². The van der Waals surface area contributed by atoms with E-state index in [1.807, 2.05) is 0 Å². The molecule has 1 nitrogen and oxygen atoms in total. The van der Waals surface area contributed by atoms with Gasteiger partial charge in [-0.2, -0.15) is 0 Å². The van der Waals surface area contributed by atoms with Crippen LogP contribution in [0.2, 0.25) is 0 Å². The predicted molar refractivity (Wildman–Crippen MR) is 23.9 cm³/mol. The van der Waals surface area contributed by atoms with Gasteiger partial charge in [-0.3, -0.25) is 0 Å². The maximum atomic E-state index is 5.22. The van der Waals surface area contributed by atoms with Gasteiger partial charge in [0.15, 0.2) is 0 Å². The fourth-order valence-electron chi connectivity index (χ4n) is 0.0962. The van der Waals surface area contributed by atoms with Crippen LogP contribution in [0.4, 0.5) is 0 Å². The molecule has 1 rings (SSSR count). The molecule has 0 spiro atoms. The molecule has 32 valence electrons. The van der Waals surface area contributed by atoms with Crippen molar-refractivity contribution in [3.8, 4) is 0 Å². The Morgan fingerprint density at radius 3 is 1.60 bits per heavy atom. The van der Waals surface area contributed by atoms with E-state index in [1.54, 1.807) is 0 Å². The minimum Gasteiger partial charge on any atom is -0.328 e. The molecule has 0 aromatic carbocycles. The van der Waals surface area contributed by atoms with Gasteiger partial charge >= 0.3 is 0 Å². The first-order chi connectivity index (χ1) is 1.89. The quantitative estimate of drug-likeness (QED) is 0.449. The third-order valence-electron chi connectivity index (χ3n) is 0.622. The molecule has 0 aromatic rings. The van der Waals surface area contributed by atoms with Gasteiger partial charge in [0.1, 0.15) is 0 Å². The largest absolute Gasteiger partial charge is 0.328 e. The molecule has 0 atom stereocenters. The van der Waals surface area contributed by atoms with Crippen LogP contribution < -0.4 is 5.73 Å². The zero-order valence-corrected chi connectivity index (χ0v) is 2.57. The molecule has 0 aromatic heterocycles. The lowest BCUT2D eigenvalue weighted by Gasteiger charge is -1.58. The normalized spacial score (nSPS) is 21.0. The summed E-state index contributed by atoms with van der Waals surface area (Å²) in [6.07, 6.45) is 2.53. The molecular formula is C4H11N. The summed E-state index contributed by atoms with van der Waals surface area (Å²) in [6.45, 7) is 0. The lowest BCUT2D eigenvalue weighted by Crippen LogP contribution is -1.94. The Balaban J connectivity index is 0.000000160. The van der Waals surface area contributed by atoms with Gasteiger partial charge in [-0.1, -0.05) is 7.43 Å². The van der Waals surface area contributed by atoms with E-state index < -0.39 is 0 Å². The smallest absolute Gasteiger partial charge is 0.00399 e. The lowest BCUT2D eigenvalue weighted by atomic mass is 10.8. The zero-order chi connectivity index (χ0) is 2.99. The van der Waals surface area contributed by atoms with Gasteiger partial charge in [-0.25, -0.2) is 0 Å². The van der Waals surface area contributed by atoms with Crippen LogP contribution in [0.15, 0.2) is 0 Å². The SMILES string of the molecule is C.NC1CC1. The maximum absolute atomic E-state index is 5.22. The third-order valence-corrected chi connectivity index (χ3v) is 0.622. The van der Waals surface area contributed by atoms with Crippen LogP contribution in [-0.4, -0.2) is 6.04 Å². The Kier molecular flexibility index (Phi) is 1.40. The van der Waals surface area contributed by atoms with E-state index >= 15 is 0 Å². The average Bonchev–Trinajstić information content (AvgIpc) is 1.75. The highest BCUT2D eigenvalue weighted by Crippen LogP contribution is 2.13. The number of hydrogen-bond acceptors (Lipinski definition) is 1. The first-order valence-electron chi connectivity index (χ1n) is 1.65. The van der Waals surface area contributed by atoms with Crippen LogP contribution >= 0.6 is 0 Å². The van der Waals surface area contributed by atoms with Gasteiger partial charge in [0, 0.05) is 6.04 Å². The summed E-state index contributed by atoms with van der Waals surface area (Å²) in [5.41, 5.74) is 5.22. The molecule has 0 amide bonds. The number of rotatable bonds is 0. The Morgan fingerprint density at radius 1 is 1.40 bits per heavy atom. The van der Waals surface area contributed by atoms with Crippen LogP contribution in [-0.2, 0) is 0 Å². The molecule has 2 N–H and O–H groups in total. The van der Waals surface area contributed by atoms with Gasteiger partial charge in [0.25, 0.3) is 0 Å². The van der Waals surface area contributed by atoms with Crippen LogP contribution in [0.3, 0.4) is 0 Å². The minimum absolute atomic E-state index is 0. The van der Waals surface area contributed by atoms with Crippen molar-refractivity contribution in [3.63, 3.8) is 0 Å². The zero-order valence-electron chi connectivity index (χ0n) is 2.57. The Morgan fingerprint density at radius 2 is 1.60 bits per heavy atom. The summed E-state index contributed by atoms with van der Waals surface area (Å²) in [7, 11) is 0. The molecule has 1 aliphatic rings. The van der Waals surface area contributed by atoms with E-state index in [0.717, 1.165) is 0 Å². The molecule has 1 aliphatic carbocycles. The highest BCUT2D eigenvalue weighted by molar-refractivity contribution is 4.75. The second-order valence-corrected chi connectivity index (χ2v) is 1.34. The van der Waals surface area contributed by atoms with Crippen molar-refractivity contribution in [2.45, 2.75) is 26.3 Å². The molecule has 5 heavy (non-hydrogen) atoms. The second-order valence-electron chi connectivity index (χ2n) is 1.34. The average molecular weight is 73.1 g/mol. The van der Waals surface area contributed by atoms with E-state index in [-0.39, 0.29) is 7.43 Å². The molecule has 0 heterocycles. The van der Waals surface area contributed by atoms with Crippen LogP contribution in [0.5, 0.6) is 0 Å². The molecular weight excluding hydrogens is 62.1 g/mol. The van der Waals surface area contributed by atoms with Crippen molar-refractivity contribution in [1.29, 1.82) is 0 Å². The summed E-state index contributed by atoms with van der Waals surface area (Å²) in [6, 6.07) is 0.583. The minimum atomic E-state index is 0. The van der Waals surface area contributed by atoms with Gasteiger partial charge in [-0.05, 0) is 12.8 Å². The van der Waals surface area contributed by atoms with Crippen molar-refractivity contribution < 1.29 is 0 Å². The molecule has 0 saturated heterocycles. The van der Waals surface area contributed by atoms with Gasteiger partial charge in [0.05, 0.1) is 0 Å². The van der Waals surface area contributed by atoms with E-state index in [9.17, 15) is 0 Å². The van der Waals surface area contributed by atoms with Crippen LogP contribution in [0.1, 0.15) is 20.3 Å². The van der Waals surface area contributed by atoms with Crippen molar-refractivity contribution in [2.75, 3.05) is 0 Å².